The van der Waals surface area contributed by atoms with Gasteiger partial charge in [-0.3, -0.25) is 9.69 Å². The van der Waals surface area contributed by atoms with E-state index in [1.807, 2.05) is 50.2 Å². The minimum absolute atomic E-state index is 0.213. The Morgan fingerprint density at radius 1 is 1.20 bits per heavy atom. The van der Waals surface area contributed by atoms with Gasteiger partial charge in [-0.15, -0.1) is 0 Å². The molecule has 1 fully saturated rings. The van der Waals surface area contributed by atoms with Gasteiger partial charge >= 0.3 is 0 Å². The van der Waals surface area contributed by atoms with Gasteiger partial charge in [0.05, 0.1) is 23.0 Å². The van der Waals surface area contributed by atoms with Gasteiger partial charge < -0.3 is 0 Å². The lowest BCUT2D eigenvalue weighted by atomic mass is 10.1. The summed E-state index contributed by atoms with van der Waals surface area (Å²) in [4.78, 5) is 20.1. The predicted molar refractivity (Wildman–Crippen MR) is 121 cm³/mol. The Morgan fingerprint density at radius 2 is 1.93 bits per heavy atom. The van der Waals surface area contributed by atoms with E-state index in [0.29, 0.717) is 31.1 Å². The molecule has 2 aromatic carbocycles. The first-order chi connectivity index (χ1) is 14.3. The molecule has 2 heterocycles. The zero-order valence-electron chi connectivity index (χ0n) is 17.3. The van der Waals surface area contributed by atoms with Gasteiger partial charge in [-0.25, -0.2) is 13.4 Å². The van der Waals surface area contributed by atoms with Crippen LogP contribution < -0.4 is 4.90 Å². The molecule has 30 heavy (non-hydrogen) atoms. The number of sulfonamides is 1. The van der Waals surface area contributed by atoms with Crippen LogP contribution in [0.5, 0.6) is 0 Å². The Kier molecular flexibility index (Phi) is 5.65. The van der Waals surface area contributed by atoms with Crippen LogP contribution in [0, 0.1) is 13.8 Å². The van der Waals surface area contributed by atoms with Gasteiger partial charge in [0.1, 0.15) is 6.04 Å². The molecule has 158 valence electrons. The molecular weight excluding hydrogens is 418 g/mol. The highest BCUT2D eigenvalue weighted by Gasteiger charge is 2.39. The summed E-state index contributed by atoms with van der Waals surface area (Å²) in [6.45, 7) is 4.81. The number of benzene rings is 2. The van der Waals surface area contributed by atoms with Crippen molar-refractivity contribution < 1.29 is 13.2 Å². The number of hydrogen-bond acceptors (Lipinski definition) is 5. The van der Waals surface area contributed by atoms with Crippen molar-refractivity contribution in [2.24, 2.45) is 0 Å². The Morgan fingerprint density at radius 3 is 2.63 bits per heavy atom. The van der Waals surface area contributed by atoms with E-state index in [1.54, 1.807) is 4.90 Å². The van der Waals surface area contributed by atoms with Crippen molar-refractivity contribution in [1.82, 2.24) is 9.29 Å². The van der Waals surface area contributed by atoms with Crippen LogP contribution in [0.1, 0.15) is 29.5 Å². The largest absolute Gasteiger partial charge is 0.282 e. The maximum Gasteiger partial charge on any atom is 0.247 e. The number of aryl methyl sites for hydroxylation is 2. The van der Waals surface area contributed by atoms with E-state index in [2.05, 4.69) is 6.07 Å². The molecule has 0 N–H and O–H groups in total. The molecule has 0 spiro atoms. The monoisotopic (exact) mass is 443 g/mol. The van der Waals surface area contributed by atoms with E-state index in [4.69, 9.17) is 4.98 Å². The van der Waals surface area contributed by atoms with Crippen LogP contribution in [0.4, 0.5) is 5.13 Å². The molecule has 1 unspecified atom stereocenters. The topological polar surface area (TPSA) is 70.6 Å². The second-order valence-corrected chi connectivity index (χ2v) is 10.7. The Balaban J connectivity index is 1.77. The predicted octanol–water partition coefficient (Wildman–Crippen LogP) is 3.87. The molecule has 1 amide bonds. The van der Waals surface area contributed by atoms with E-state index in [0.717, 1.165) is 26.9 Å². The molecule has 0 bridgehead atoms. The number of aromatic nitrogens is 1. The van der Waals surface area contributed by atoms with Gasteiger partial charge in [0.25, 0.3) is 0 Å². The molecule has 1 saturated heterocycles. The minimum Gasteiger partial charge on any atom is -0.282 e. The fourth-order valence-corrected chi connectivity index (χ4v) is 6.05. The summed E-state index contributed by atoms with van der Waals surface area (Å²) < 4.78 is 26.8. The summed E-state index contributed by atoms with van der Waals surface area (Å²) in [7, 11) is -3.45. The van der Waals surface area contributed by atoms with E-state index < -0.39 is 16.1 Å². The summed E-state index contributed by atoms with van der Waals surface area (Å²) in [5.74, 6) is -0.213. The first-order valence-electron chi connectivity index (χ1n) is 9.94. The first-order valence-corrected chi connectivity index (χ1v) is 12.6. The van der Waals surface area contributed by atoms with E-state index >= 15 is 0 Å². The number of anilines is 1. The fraction of sp³-hybridized carbons (Fsp3) is 0.364. The maximum atomic E-state index is 13.6. The third-order valence-corrected chi connectivity index (χ3v) is 8.00. The van der Waals surface area contributed by atoms with Crippen LogP contribution >= 0.6 is 11.3 Å². The van der Waals surface area contributed by atoms with Crippen LogP contribution in [0.25, 0.3) is 10.2 Å². The Hall–Kier alpha value is -2.29. The lowest BCUT2D eigenvalue weighted by Crippen LogP contribution is -2.47. The highest BCUT2D eigenvalue weighted by atomic mass is 32.2. The average Bonchev–Trinajstić information content (AvgIpc) is 3.37. The van der Waals surface area contributed by atoms with Crippen LogP contribution in [0.3, 0.4) is 0 Å². The van der Waals surface area contributed by atoms with E-state index in [9.17, 15) is 13.2 Å². The highest BCUT2D eigenvalue weighted by Crippen LogP contribution is 2.34. The smallest absolute Gasteiger partial charge is 0.247 e. The number of thiazole rings is 1. The van der Waals surface area contributed by atoms with Crippen molar-refractivity contribution in [3.8, 4) is 0 Å². The number of carbonyl (C=O) groups excluding carboxylic acids is 1. The van der Waals surface area contributed by atoms with Crippen LogP contribution in [0.2, 0.25) is 0 Å². The van der Waals surface area contributed by atoms with Crippen LogP contribution in [-0.4, -0.2) is 42.5 Å². The number of carbonyl (C=O) groups is 1. The number of fused-ring (bicyclic) bond motifs is 1. The Labute approximate surface area is 181 Å². The maximum absolute atomic E-state index is 13.6. The lowest BCUT2D eigenvalue weighted by Gasteiger charge is -2.27. The van der Waals surface area contributed by atoms with Crippen LogP contribution in [0.15, 0.2) is 42.5 Å². The van der Waals surface area contributed by atoms with Crippen molar-refractivity contribution >= 4 is 42.6 Å². The molecule has 0 aliphatic carbocycles. The number of amides is 1. The van der Waals surface area contributed by atoms with Crippen molar-refractivity contribution in [1.29, 1.82) is 0 Å². The molecule has 1 atom stereocenters. The van der Waals surface area contributed by atoms with E-state index in [-0.39, 0.29) is 5.91 Å². The van der Waals surface area contributed by atoms with Gasteiger partial charge in [0.2, 0.25) is 15.9 Å². The molecule has 1 aromatic heterocycles. The number of hydrogen-bond donors (Lipinski definition) is 0. The lowest BCUT2D eigenvalue weighted by molar-refractivity contribution is -0.121. The average molecular weight is 444 g/mol. The molecular formula is C22H25N3O3S2. The fourth-order valence-electron chi connectivity index (χ4n) is 3.90. The van der Waals surface area contributed by atoms with Gasteiger partial charge in [-0.1, -0.05) is 47.7 Å². The molecule has 6 nitrogen and oxygen atoms in total. The summed E-state index contributed by atoms with van der Waals surface area (Å²) in [5.41, 5.74) is 4.12. The second kappa shape index (κ2) is 8.09. The van der Waals surface area contributed by atoms with Gasteiger partial charge in [0, 0.05) is 6.54 Å². The normalized spacial score (nSPS) is 17.5. The van der Waals surface area contributed by atoms with Crippen molar-refractivity contribution in [3.63, 3.8) is 0 Å². The van der Waals surface area contributed by atoms with Gasteiger partial charge in [-0.2, -0.15) is 4.31 Å². The highest BCUT2D eigenvalue weighted by molar-refractivity contribution is 7.88. The second-order valence-electron chi connectivity index (χ2n) is 7.79. The SMILES string of the molecule is Cc1ccc2sc(N(Cc3ccccc3)C(=O)C3CCCN3S(C)(=O)=O)nc2c1C. The first kappa shape index (κ1) is 21.0. The standard InChI is InChI=1S/C22H25N3O3S2/c1-15-11-12-19-20(16(15)2)23-22(29-19)24(14-17-8-5-4-6-9-17)21(26)18-10-7-13-25(18)30(3,27)28/h4-6,8-9,11-12,18H,7,10,13-14H2,1-3H3. The molecule has 8 heteroatoms. The Bertz CT molecular complexity index is 1190. The minimum atomic E-state index is -3.45. The number of rotatable bonds is 5. The summed E-state index contributed by atoms with van der Waals surface area (Å²) in [6, 6.07) is 13.1. The van der Waals surface area contributed by atoms with E-state index in [1.165, 1.54) is 21.9 Å². The summed E-state index contributed by atoms with van der Waals surface area (Å²) in [5, 5.41) is 0.605. The molecule has 0 saturated carbocycles. The molecule has 1 aliphatic heterocycles. The quantitative estimate of drug-likeness (QED) is 0.600. The van der Waals surface area contributed by atoms with Crippen molar-refractivity contribution in [3.05, 3.63) is 59.2 Å². The molecule has 4 rings (SSSR count). The molecule has 1 aliphatic rings. The third kappa shape index (κ3) is 3.99. The van der Waals surface area contributed by atoms with Crippen molar-refractivity contribution in [2.45, 2.75) is 39.3 Å². The zero-order chi connectivity index (χ0) is 21.5. The third-order valence-electron chi connectivity index (χ3n) is 5.67. The molecule has 0 radical (unpaired) electrons. The van der Waals surface area contributed by atoms with Crippen molar-refractivity contribution in [2.75, 3.05) is 17.7 Å². The van der Waals surface area contributed by atoms with Gasteiger partial charge in [-0.05, 0) is 49.4 Å². The summed E-state index contributed by atoms with van der Waals surface area (Å²) in [6.07, 6.45) is 2.38. The summed E-state index contributed by atoms with van der Waals surface area (Å²) >= 11 is 1.47. The number of nitrogens with zero attached hydrogens (tertiary/aromatic N) is 3. The molecule has 3 aromatic rings. The van der Waals surface area contributed by atoms with Gasteiger partial charge in [0.15, 0.2) is 5.13 Å². The zero-order valence-corrected chi connectivity index (χ0v) is 19.0. The van der Waals surface area contributed by atoms with Crippen LogP contribution in [-0.2, 0) is 21.4 Å².